The van der Waals surface area contributed by atoms with Crippen LogP contribution in [0.1, 0.15) is 18.1 Å². The van der Waals surface area contributed by atoms with Gasteiger partial charge in [0, 0.05) is 17.2 Å². The summed E-state index contributed by atoms with van der Waals surface area (Å²) in [7, 11) is 0. The molecule has 0 saturated carbocycles. The highest BCUT2D eigenvalue weighted by Gasteiger charge is 2.46. The normalized spacial score (nSPS) is 16.1. The second-order valence-corrected chi connectivity index (χ2v) is 6.78. The first-order valence-corrected chi connectivity index (χ1v) is 8.82. The number of aryl methyl sites for hydroxylation is 1. The Morgan fingerprint density at radius 1 is 1.18 bits per heavy atom. The zero-order chi connectivity index (χ0) is 20.6. The minimum Gasteiger partial charge on any atom is -0.545 e. The van der Waals surface area contributed by atoms with Gasteiger partial charge >= 0.3 is 6.18 Å². The maximum absolute atomic E-state index is 13.2. The van der Waals surface area contributed by atoms with Gasteiger partial charge < -0.3 is 19.4 Å². The molecule has 0 aromatic heterocycles. The predicted molar refractivity (Wildman–Crippen MR) is 95.8 cm³/mol. The Balaban J connectivity index is 2.00. The van der Waals surface area contributed by atoms with Gasteiger partial charge in [-0.3, -0.25) is 0 Å². The number of carboxylic acid groups (broad SMARTS) is 1. The number of carbonyl (C=O) groups is 1. The number of hydrogen-bond donors (Lipinski definition) is 0. The Hall–Kier alpha value is -2.38. The minimum atomic E-state index is -4.94. The van der Waals surface area contributed by atoms with E-state index in [4.69, 9.17) is 32.7 Å². The summed E-state index contributed by atoms with van der Waals surface area (Å²) in [6.45, 7) is 1.95. The maximum Gasteiger partial charge on any atom is 0.429 e. The fraction of sp³-hybridized carbons (Fsp3) is 0.211. The molecule has 0 N–H and O–H groups in total. The van der Waals surface area contributed by atoms with Crippen LogP contribution in [0.15, 0.2) is 35.9 Å². The first-order chi connectivity index (χ1) is 13.1. The summed E-state index contributed by atoms with van der Waals surface area (Å²) in [5.41, 5.74) is -0.00222. The first-order valence-electron chi connectivity index (χ1n) is 8.06. The van der Waals surface area contributed by atoms with Crippen molar-refractivity contribution in [3.63, 3.8) is 0 Å². The molecule has 9 heteroatoms. The molecule has 2 aromatic rings. The number of aliphatic carboxylic acids is 1. The Morgan fingerprint density at radius 2 is 1.86 bits per heavy atom. The fourth-order valence-electron chi connectivity index (χ4n) is 2.65. The predicted octanol–water partition coefficient (Wildman–Crippen LogP) is 4.80. The average molecular weight is 432 g/mol. The van der Waals surface area contributed by atoms with E-state index in [1.165, 1.54) is 6.07 Å². The SMILES string of the molecule is CCc1ccc(Oc2cc3c(cc2Cl)C=C(C(=O)[O-])C(C(F)(F)F)O3)c(Cl)c1. The van der Waals surface area contributed by atoms with Crippen LogP contribution in [0.4, 0.5) is 13.2 Å². The third-order valence-electron chi connectivity index (χ3n) is 4.06. The molecule has 28 heavy (non-hydrogen) atoms. The van der Waals surface area contributed by atoms with E-state index in [0.717, 1.165) is 24.1 Å². The fourth-order valence-corrected chi connectivity index (χ4v) is 3.10. The van der Waals surface area contributed by atoms with E-state index >= 15 is 0 Å². The number of hydrogen-bond acceptors (Lipinski definition) is 4. The number of benzene rings is 2. The van der Waals surface area contributed by atoms with Gasteiger partial charge in [-0.05, 0) is 36.3 Å². The molecule has 0 bridgehead atoms. The summed E-state index contributed by atoms with van der Waals surface area (Å²) >= 11 is 12.3. The smallest absolute Gasteiger partial charge is 0.429 e. The molecule has 0 saturated heterocycles. The Bertz CT molecular complexity index is 970. The molecular weight excluding hydrogens is 420 g/mol. The van der Waals surface area contributed by atoms with Gasteiger partial charge in [0.25, 0.3) is 0 Å². The third kappa shape index (κ3) is 4.05. The van der Waals surface area contributed by atoms with E-state index in [9.17, 15) is 23.1 Å². The molecule has 1 unspecified atom stereocenters. The number of carbonyl (C=O) groups excluding carboxylic acids is 1. The Kier molecular flexibility index (Phi) is 5.50. The van der Waals surface area contributed by atoms with Crippen molar-refractivity contribution < 1.29 is 32.5 Å². The van der Waals surface area contributed by atoms with Crippen LogP contribution in [-0.4, -0.2) is 18.2 Å². The van der Waals surface area contributed by atoms with Gasteiger partial charge in [-0.2, -0.15) is 13.2 Å². The van der Waals surface area contributed by atoms with Gasteiger partial charge in [0.15, 0.2) is 0 Å². The van der Waals surface area contributed by atoms with E-state index in [-0.39, 0.29) is 27.8 Å². The number of fused-ring (bicyclic) bond motifs is 1. The van der Waals surface area contributed by atoms with Gasteiger partial charge in [0.2, 0.25) is 6.10 Å². The molecule has 4 nitrogen and oxygen atoms in total. The summed E-state index contributed by atoms with van der Waals surface area (Å²) < 4.78 is 50.0. The van der Waals surface area contributed by atoms with Gasteiger partial charge in [-0.15, -0.1) is 0 Å². The lowest BCUT2D eigenvalue weighted by molar-refractivity contribution is -0.302. The van der Waals surface area contributed by atoms with E-state index in [1.807, 2.05) is 6.92 Å². The topological polar surface area (TPSA) is 58.6 Å². The molecule has 2 aromatic carbocycles. The van der Waals surface area contributed by atoms with Crippen molar-refractivity contribution in [1.29, 1.82) is 0 Å². The molecule has 0 fully saturated rings. The van der Waals surface area contributed by atoms with Crippen molar-refractivity contribution in [3.8, 4) is 17.2 Å². The van der Waals surface area contributed by atoms with Crippen LogP contribution < -0.4 is 14.6 Å². The second-order valence-electron chi connectivity index (χ2n) is 5.97. The average Bonchev–Trinajstić information content (AvgIpc) is 2.62. The molecular formula is C19H12Cl2F3O4-. The Labute approximate surface area is 168 Å². The number of carboxylic acids is 1. The van der Waals surface area contributed by atoms with E-state index in [1.54, 1.807) is 18.2 Å². The third-order valence-corrected chi connectivity index (χ3v) is 4.65. The lowest BCUT2D eigenvalue weighted by Gasteiger charge is -2.29. The highest BCUT2D eigenvalue weighted by molar-refractivity contribution is 6.33. The molecule has 1 atom stereocenters. The van der Waals surface area contributed by atoms with Gasteiger partial charge in [-0.1, -0.05) is 36.2 Å². The van der Waals surface area contributed by atoms with Crippen LogP contribution >= 0.6 is 23.2 Å². The second kappa shape index (κ2) is 7.56. The van der Waals surface area contributed by atoms with E-state index in [2.05, 4.69) is 0 Å². The van der Waals surface area contributed by atoms with Crippen molar-refractivity contribution in [1.82, 2.24) is 0 Å². The lowest BCUT2D eigenvalue weighted by Crippen LogP contribution is -2.44. The molecule has 3 rings (SSSR count). The van der Waals surface area contributed by atoms with Gasteiger partial charge in [0.05, 0.1) is 16.0 Å². The molecule has 1 aliphatic heterocycles. The molecule has 1 heterocycles. The van der Waals surface area contributed by atoms with Crippen molar-refractivity contribution in [3.05, 3.63) is 57.1 Å². The first kappa shape index (κ1) is 20.4. The quantitative estimate of drug-likeness (QED) is 0.697. The largest absolute Gasteiger partial charge is 0.545 e. The summed E-state index contributed by atoms with van der Waals surface area (Å²) in [6.07, 6.45) is -6.01. The number of halogens is 5. The zero-order valence-corrected chi connectivity index (χ0v) is 15.8. The molecule has 1 aliphatic rings. The van der Waals surface area contributed by atoms with Crippen LogP contribution in [-0.2, 0) is 11.2 Å². The van der Waals surface area contributed by atoms with Crippen LogP contribution in [0.5, 0.6) is 17.2 Å². The molecule has 0 amide bonds. The van der Waals surface area contributed by atoms with Crippen LogP contribution in [0.3, 0.4) is 0 Å². The van der Waals surface area contributed by atoms with Crippen molar-refractivity contribution in [2.24, 2.45) is 0 Å². The Morgan fingerprint density at radius 3 is 2.43 bits per heavy atom. The molecule has 0 aliphatic carbocycles. The minimum absolute atomic E-state index is 0.0118. The summed E-state index contributed by atoms with van der Waals surface area (Å²) in [5, 5.41) is 11.4. The maximum atomic E-state index is 13.2. The van der Waals surface area contributed by atoms with Crippen molar-refractivity contribution in [2.45, 2.75) is 25.6 Å². The zero-order valence-electron chi connectivity index (χ0n) is 14.3. The van der Waals surface area contributed by atoms with Crippen LogP contribution in [0.2, 0.25) is 10.0 Å². The lowest BCUT2D eigenvalue weighted by atomic mass is 10.0. The molecule has 0 radical (unpaired) electrons. The standard InChI is InChI=1S/C19H13Cl2F3O4/c1-2-9-3-4-14(12(20)5-9)27-16-8-15-10(7-13(16)21)6-11(18(25)26)17(28-15)19(22,23)24/h3-8,17H,2H2,1H3,(H,25,26)/p-1. The summed E-state index contributed by atoms with van der Waals surface area (Å²) in [5.74, 6) is -1.94. The van der Waals surface area contributed by atoms with Gasteiger partial charge in [-0.25, -0.2) is 0 Å². The number of alkyl halides is 3. The summed E-state index contributed by atoms with van der Waals surface area (Å²) in [6, 6.07) is 7.51. The monoisotopic (exact) mass is 431 g/mol. The van der Waals surface area contributed by atoms with Gasteiger partial charge in [0.1, 0.15) is 17.2 Å². The van der Waals surface area contributed by atoms with E-state index in [0.29, 0.717) is 5.02 Å². The van der Waals surface area contributed by atoms with Crippen molar-refractivity contribution in [2.75, 3.05) is 0 Å². The van der Waals surface area contributed by atoms with Crippen LogP contribution in [0.25, 0.3) is 6.08 Å². The molecule has 148 valence electrons. The summed E-state index contributed by atoms with van der Waals surface area (Å²) in [4.78, 5) is 11.1. The number of rotatable bonds is 4. The van der Waals surface area contributed by atoms with Crippen molar-refractivity contribution >= 4 is 35.2 Å². The van der Waals surface area contributed by atoms with Crippen LogP contribution in [0, 0.1) is 0 Å². The number of ether oxygens (including phenoxy) is 2. The highest BCUT2D eigenvalue weighted by atomic mass is 35.5. The molecule has 0 spiro atoms. The highest BCUT2D eigenvalue weighted by Crippen LogP contribution is 2.43. The van der Waals surface area contributed by atoms with E-state index < -0.39 is 23.8 Å².